The number of hydrogen-bond donors (Lipinski definition) is 0. The summed E-state index contributed by atoms with van der Waals surface area (Å²) in [6.07, 6.45) is -4.22. The monoisotopic (exact) mass is 316 g/mol. The Hall–Kier alpha value is -2.56. The Morgan fingerprint density at radius 2 is 1.48 bits per heavy atom. The summed E-state index contributed by atoms with van der Waals surface area (Å²) in [4.78, 5) is 0. The van der Waals surface area contributed by atoms with E-state index in [0.29, 0.717) is 11.4 Å². The second-order valence-corrected chi connectivity index (χ2v) is 5.14. The summed E-state index contributed by atoms with van der Waals surface area (Å²) in [5, 5.41) is 3.89. The molecule has 0 aliphatic carbocycles. The molecule has 2 aromatic carbocycles. The van der Waals surface area contributed by atoms with Crippen LogP contribution in [-0.4, -0.2) is 9.78 Å². The van der Waals surface area contributed by atoms with Gasteiger partial charge in [-0.25, -0.2) is 4.68 Å². The number of nitrogens with zero attached hydrogens (tertiary/aromatic N) is 2. The van der Waals surface area contributed by atoms with Crippen molar-refractivity contribution in [3.8, 4) is 16.9 Å². The highest BCUT2D eigenvalue weighted by atomic mass is 19.4. The summed E-state index contributed by atoms with van der Waals surface area (Å²) < 4.78 is 41.5. The average molecular weight is 316 g/mol. The molecule has 5 heteroatoms. The van der Waals surface area contributed by atoms with Gasteiger partial charge in [-0.1, -0.05) is 55.5 Å². The van der Waals surface area contributed by atoms with Gasteiger partial charge >= 0.3 is 6.18 Å². The molecule has 0 radical (unpaired) electrons. The van der Waals surface area contributed by atoms with E-state index in [2.05, 4.69) is 5.10 Å². The minimum Gasteiger partial charge on any atom is -0.232 e. The first-order valence-corrected chi connectivity index (χ1v) is 7.32. The molecule has 0 N–H and O–H groups in total. The number of para-hydroxylation sites is 1. The van der Waals surface area contributed by atoms with Gasteiger partial charge < -0.3 is 0 Å². The smallest absolute Gasteiger partial charge is 0.232 e. The Morgan fingerprint density at radius 1 is 0.913 bits per heavy atom. The average Bonchev–Trinajstić information content (AvgIpc) is 2.96. The minimum atomic E-state index is -4.48. The number of aromatic nitrogens is 2. The fourth-order valence-electron chi connectivity index (χ4n) is 2.66. The van der Waals surface area contributed by atoms with Crippen LogP contribution in [0.5, 0.6) is 0 Å². The maximum absolute atomic E-state index is 13.4. The molecule has 0 fully saturated rings. The predicted octanol–water partition coefficient (Wildman–Crippen LogP) is 5.12. The SMILES string of the molecule is CCc1c(C(F)(F)F)nn(-c2ccccc2)c1-c1ccccc1. The van der Waals surface area contributed by atoms with Gasteiger partial charge in [0.15, 0.2) is 5.69 Å². The molecule has 0 bridgehead atoms. The van der Waals surface area contributed by atoms with E-state index >= 15 is 0 Å². The Morgan fingerprint density at radius 3 is 2.00 bits per heavy atom. The fraction of sp³-hybridized carbons (Fsp3) is 0.167. The molecule has 0 saturated heterocycles. The summed E-state index contributed by atoms with van der Waals surface area (Å²) in [5.74, 6) is 0. The van der Waals surface area contributed by atoms with Crippen LogP contribution < -0.4 is 0 Å². The van der Waals surface area contributed by atoms with E-state index in [1.165, 1.54) is 4.68 Å². The van der Waals surface area contributed by atoms with Gasteiger partial charge in [0, 0.05) is 11.1 Å². The highest BCUT2D eigenvalue weighted by Crippen LogP contribution is 2.37. The third-order valence-electron chi connectivity index (χ3n) is 3.65. The molecule has 1 heterocycles. The van der Waals surface area contributed by atoms with Gasteiger partial charge in [0.25, 0.3) is 0 Å². The van der Waals surface area contributed by atoms with Crippen molar-refractivity contribution < 1.29 is 13.2 Å². The van der Waals surface area contributed by atoms with E-state index in [1.807, 2.05) is 24.3 Å². The first kappa shape index (κ1) is 15.3. The van der Waals surface area contributed by atoms with Crippen molar-refractivity contribution in [2.24, 2.45) is 0 Å². The van der Waals surface area contributed by atoms with Crippen molar-refractivity contribution in [1.29, 1.82) is 0 Å². The lowest BCUT2D eigenvalue weighted by molar-refractivity contribution is -0.141. The maximum Gasteiger partial charge on any atom is 0.435 e. The number of hydrogen-bond acceptors (Lipinski definition) is 1. The lowest BCUT2D eigenvalue weighted by Gasteiger charge is -2.09. The third kappa shape index (κ3) is 2.86. The first-order chi connectivity index (χ1) is 11.0. The first-order valence-electron chi connectivity index (χ1n) is 7.32. The molecule has 0 spiro atoms. The number of benzene rings is 2. The van der Waals surface area contributed by atoms with Gasteiger partial charge in [0.2, 0.25) is 0 Å². The van der Waals surface area contributed by atoms with Crippen LogP contribution in [0.4, 0.5) is 13.2 Å². The van der Waals surface area contributed by atoms with Crippen molar-refractivity contribution in [3.63, 3.8) is 0 Å². The molecule has 0 aliphatic heterocycles. The Balaban J connectivity index is 2.33. The number of rotatable bonds is 3. The van der Waals surface area contributed by atoms with Gasteiger partial charge in [-0.3, -0.25) is 0 Å². The highest BCUT2D eigenvalue weighted by molar-refractivity contribution is 5.67. The van der Waals surface area contributed by atoms with E-state index in [0.717, 1.165) is 5.56 Å². The standard InChI is InChI=1S/C18H15F3N2/c1-2-15-16(13-9-5-3-6-10-13)23(14-11-7-4-8-12-14)22-17(15)18(19,20)21/h3-12H,2H2,1H3. The fourth-order valence-corrected chi connectivity index (χ4v) is 2.66. The zero-order valence-corrected chi connectivity index (χ0v) is 12.5. The molecule has 1 aromatic heterocycles. The molecule has 2 nitrogen and oxygen atoms in total. The largest absolute Gasteiger partial charge is 0.435 e. The molecular formula is C18H15F3N2. The van der Waals surface area contributed by atoms with Crippen LogP contribution in [0.3, 0.4) is 0 Å². The van der Waals surface area contributed by atoms with Gasteiger partial charge in [0.1, 0.15) is 0 Å². The summed E-state index contributed by atoms with van der Waals surface area (Å²) in [6, 6.07) is 17.9. The van der Waals surface area contributed by atoms with E-state index in [-0.39, 0.29) is 12.0 Å². The summed E-state index contributed by atoms with van der Waals surface area (Å²) in [7, 11) is 0. The molecule has 0 aliphatic rings. The third-order valence-corrected chi connectivity index (χ3v) is 3.65. The predicted molar refractivity (Wildman–Crippen MR) is 83.4 cm³/mol. The quantitative estimate of drug-likeness (QED) is 0.656. The van der Waals surface area contributed by atoms with E-state index in [9.17, 15) is 13.2 Å². The summed E-state index contributed by atoms with van der Waals surface area (Å²) in [6.45, 7) is 1.72. The van der Waals surface area contributed by atoms with Crippen molar-refractivity contribution in [2.45, 2.75) is 19.5 Å². The molecule has 0 saturated carbocycles. The van der Waals surface area contributed by atoms with Crippen molar-refractivity contribution in [1.82, 2.24) is 9.78 Å². The van der Waals surface area contributed by atoms with Gasteiger partial charge in [0.05, 0.1) is 11.4 Å². The Bertz CT molecular complexity index is 790. The van der Waals surface area contributed by atoms with Crippen LogP contribution in [0.1, 0.15) is 18.2 Å². The number of alkyl halides is 3. The van der Waals surface area contributed by atoms with Crippen LogP contribution in [0, 0.1) is 0 Å². The van der Waals surface area contributed by atoms with Crippen molar-refractivity contribution in [2.75, 3.05) is 0 Å². The minimum absolute atomic E-state index is 0.215. The molecule has 0 unspecified atom stereocenters. The molecular weight excluding hydrogens is 301 g/mol. The van der Waals surface area contributed by atoms with Crippen molar-refractivity contribution >= 4 is 0 Å². The maximum atomic E-state index is 13.4. The van der Waals surface area contributed by atoms with Crippen LogP contribution in [0.2, 0.25) is 0 Å². The zero-order chi connectivity index (χ0) is 16.4. The van der Waals surface area contributed by atoms with Gasteiger partial charge in [-0.05, 0) is 18.6 Å². The lowest BCUT2D eigenvalue weighted by Crippen LogP contribution is -2.09. The van der Waals surface area contributed by atoms with E-state index in [4.69, 9.17) is 0 Å². The van der Waals surface area contributed by atoms with Crippen molar-refractivity contribution in [3.05, 3.63) is 71.9 Å². The zero-order valence-electron chi connectivity index (χ0n) is 12.5. The van der Waals surface area contributed by atoms with Crippen LogP contribution in [0.25, 0.3) is 16.9 Å². The molecule has 118 valence electrons. The van der Waals surface area contributed by atoms with Gasteiger partial charge in [-0.15, -0.1) is 0 Å². The summed E-state index contributed by atoms with van der Waals surface area (Å²) >= 11 is 0. The van der Waals surface area contributed by atoms with E-state index < -0.39 is 11.9 Å². The number of halogens is 3. The van der Waals surface area contributed by atoms with E-state index in [1.54, 1.807) is 43.3 Å². The molecule has 0 atom stereocenters. The van der Waals surface area contributed by atoms with Crippen LogP contribution in [-0.2, 0) is 12.6 Å². The Labute approximate surface area is 132 Å². The second-order valence-electron chi connectivity index (χ2n) is 5.14. The molecule has 3 aromatic rings. The second kappa shape index (κ2) is 5.91. The molecule has 3 rings (SSSR count). The summed E-state index contributed by atoms with van der Waals surface area (Å²) in [5.41, 5.74) is 1.22. The van der Waals surface area contributed by atoms with Gasteiger partial charge in [-0.2, -0.15) is 18.3 Å². The highest BCUT2D eigenvalue weighted by Gasteiger charge is 2.39. The lowest BCUT2D eigenvalue weighted by atomic mass is 10.0. The molecule has 23 heavy (non-hydrogen) atoms. The Kier molecular flexibility index (Phi) is 3.94. The van der Waals surface area contributed by atoms with Crippen LogP contribution >= 0.6 is 0 Å². The molecule has 0 amide bonds. The normalized spacial score (nSPS) is 11.7. The topological polar surface area (TPSA) is 17.8 Å². The van der Waals surface area contributed by atoms with Crippen LogP contribution in [0.15, 0.2) is 60.7 Å².